The first-order valence-electron chi connectivity index (χ1n) is 12.4. The maximum Gasteiger partial charge on any atom is 0.407 e. The number of hydrogen-bond donors (Lipinski definition) is 2. The van der Waals surface area contributed by atoms with Gasteiger partial charge >= 0.3 is 6.09 Å². The molecule has 38 heavy (non-hydrogen) atoms. The lowest BCUT2D eigenvalue weighted by Crippen LogP contribution is -2.51. The van der Waals surface area contributed by atoms with Gasteiger partial charge in [-0.1, -0.05) is 44.2 Å². The summed E-state index contributed by atoms with van der Waals surface area (Å²) in [6, 6.07) is 18.3. The van der Waals surface area contributed by atoms with Gasteiger partial charge in [0.05, 0.1) is 29.7 Å². The number of rotatable bonds is 13. The highest BCUT2D eigenvalue weighted by Crippen LogP contribution is 2.21. The molecule has 0 aliphatic heterocycles. The van der Waals surface area contributed by atoms with Gasteiger partial charge in [0.1, 0.15) is 12.4 Å². The summed E-state index contributed by atoms with van der Waals surface area (Å²) in [7, 11) is -2.42. The number of sulfonamides is 1. The fraction of sp³-hybridized carbons (Fsp3) is 0.357. The summed E-state index contributed by atoms with van der Waals surface area (Å²) in [5.74, 6) is 0.543. The number of carbonyl (C=O) groups excluding carboxylic acids is 1. The Morgan fingerprint density at radius 3 is 2.29 bits per heavy atom. The molecule has 0 saturated carbocycles. The summed E-state index contributed by atoms with van der Waals surface area (Å²) in [4.78, 5) is 15.7. The van der Waals surface area contributed by atoms with Gasteiger partial charge in [-0.05, 0) is 48.2 Å². The molecule has 3 rings (SSSR count). The maximum absolute atomic E-state index is 13.5. The van der Waals surface area contributed by atoms with Crippen molar-refractivity contribution < 1.29 is 32.8 Å². The van der Waals surface area contributed by atoms with Gasteiger partial charge in [0, 0.05) is 19.2 Å². The van der Waals surface area contributed by atoms with Crippen LogP contribution in [-0.2, 0) is 27.8 Å². The zero-order valence-electron chi connectivity index (χ0n) is 21.9. The molecule has 0 aliphatic rings. The number of methoxy groups -OCH3 is 1. The van der Waals surface area contributed by atoms with E-state index in [4.69, 9.17) is 9.47 Å². The number of amides is 1. The van der Waals surface area contributed by atoms with E-state index in [1.165, 1.54) is 23.5 Å². The SMILES string of the molecule is COc1ccc(S(=O)(=O)N(CC(C)C)C[C@@H](O)[C@H](Cc2ccccc2)NC(=O)OCc2ccc[nH+]c2)cc1. The van der Waals surface area contributed by atoms with E-state index in [1.807, 2.05) is 50.2 Å². The Balaban J connectivity index is 1.79. The molecule has 0 spiro atoms. The smallest absolute Gasteiger partial charge is 0.407 e. The summed E-state index contributed by atoms with van der Waals surface area (Å²) >= 11 is 0. The molecule has 1 heterocycles. The van der Waals surface area contributed by atoms with Gasteiger partial charge in [0.2, 0.25) is 10.0 Å². The largest absolute Gasteiger partial charge is 0.497 e. The minimum absolute atomic E-state index is 0.00315. The number of nitrogens with zero attached hydrogens (tertiary/aromatic N) is 1. The Bertz CT molecular complexity index is 1240. The van der Waals surface area contributed by atoms with Crippen molar-refractivity contribution in [3.8, 4) is 5.75 Å². The molecule has 1 amide bonds. The van der Waals surface area contributed by atoms with Crippen LogP contribution in [0, 0.1) is 5.92 Å². The number of benzene rings is 2. The highest BCUT2D eigenvalue weighted by Gasteiger charge is 2.31. The number of nitrogens with one attached hydrogen (secondary N) is 2. The fourth-order valence-corrected chi connectivity index (χ4v) is 5.55. The molecular weight excluding hydrogens is 506 g/mol. The zero-order chi connectivity index (χ0) is 27.5. The van der Waals surface area contributed by atoms with E-state index < -0.39 is 28.3 Å². The van der Waals surface area contributed by atoms with Crippen molar-refractivity contribution in [3.05, 3.63) is 90.3 Å². The average molecular weight is 543 g/mol. The molecule has 0 aliphatic carbocycles. The minimum atomic E-state index is -3.93. The van der Waals surface area contributed by atoms with Crippen LogP contribution in [0.5, 0.6) is 5.75 Å². The normalized spacial score (nSPS) is 13.2. The van der Waals surface area contributed by atoms with Gasteiger partial charge < -0.3 is 19.9 Å². The van der Waals surface area contributed by atoms with Crippen molar-refractivity contribution in [2.24, 2.45) is 5.92 Å². The summed E-state index contributed by atoms with van der Waals surface area (Å²) in [5.41, 5.74) is 1.65. The molecule has 10 heteroatoms. The second-order valence-corrected chi connectivity index (χ2v) is 11.3. The van der Waals surface area contributed by atoms with Crippen molar-refractivity contribution in [2.75, 3.05) is 20.2 Å². The summed E-state index contributed by atoms with van der Waals surface area (Å²) in [6.07, 6.45) is 1.84. The topological polar surface area (TPSA) is 119 Å². The zero-order valence-corrected chi connectivity index (χ0v) is 22.7. The van der Waals surface area contributed by atoms with E-state index in [1.54, 1.807) is 30.6 Å². The summed E-state index contributed by atoms with van der Waals surface area (Å²) in [6.45, 7) is 3.83. The van der Waals surface area contributed by atoms with Gasteiger partial charge in [-0.15, -0.1) is 0 Å². The standard InChI is InChI=1S/C28H35N3O6S/c1-21(2)18-31(38(34,35)25-13-11-24(36-3)12-14-25)19-27(32)26(16-22-8-5-4-6-9-22)30-28(33)37-20-23-10-7-15-29-17-23/h4-15,17,21,26-27,32H,16,18-20H2,1-3H3,(H,30,33)/p+1/t26-,27+/m0/s1. The fourth-order valence-electron chi connectivity index (χ4n) is 3.92. The average Bonchev–Trinajstić information content (AvgIpc) is 2.92. The molecule has 9 nitrogen and oxygen atoms in total. The van der Waals surface area contributed by atoms with Crippen LogP contribution in [0.25, 0.3) is 0 Å². The monoisotopic (exact) mass is 542 g/mol. The van der Waals surface area contributed by atoms with E-state index in [-0.39, 0.29) is 36.9 Å². The minimum Gasteiger partial charge on any atom is -0.497 e. The first-order valence-corrected chi connectivity index (χ1v) is 13.9. The Kier molecular flexibility index (Phi) is 10.6. The number of H-pyrrole nitrogens is 1. The van der Waals surface area contributed by atoms with Crippen molar-refractivity contribution in [1.29, 1.82) is 0 Å². The molecule has 3 aromatic rings. The molecule has 1 aromatic heterocycles. The van der Waals surface area contributed by atoms with Gasteiger partial charge in [-0.3, -0.25) is 0 Å². The van der Waals surface area contributed by atoms with Crippen LogP contribution in [0.1, 0.15) is 25.0 Å². The molecule has 204 valence electrons. The Morgan fingerprint density at radius 1 is 1.00 bits per heavy atom. The molecule has 0 unspecified atom stereocenters. The number of carbonyl (C=O) groups is 1. The van der Waals surface area contributed by atoms with E-state index in [0.717, 1.165) is 11.1 Å². The molecule has 3 N–H and O–H groups in total. The number of hydrogen-bond acceptors (Lipinski definition) is 6. The second-order valence-electron chi connectivity index (χ2n) is 9.39. The number of aromatic amines is 1. The van der Waals surface area contributed by atoms with Crippen molar-refractivity contribution >= 4 is 16.1 Å². The third-order valence-corrected chi connectivity index (χ3v) is 7.71. The molecule has 0 bridgehead atoms. The van der Waals surface area contributed by atoms with Crippen LogP contribution >= 0.6 is 0 Å². The highest BCUT2D eigenvalue weighted by molar-refractivity contribution is 7.89. The Morgan fingerprint density at radius 2 is 1.68 bits per heavy atom. The van der Waals surface area contributed by atoms with Crippen molar-refractivity contribution in [1.82, 2.24) is 9.62 Å². The van der Waals surface area contributed by atoms with Gasteiger partial charge in [0.25, 0.3) is 0 Å². The van der Waals surface area contributed by atoms with Crippen LogP contribution in [-0.4, -0.2) is 56.3 Å². The molecular formula is C28H36N3O6S+. The number of aliphatic hydroxyl groups is 1. The van der Waals surface area contributed by atoms with Crippen LogP contribution in [0.3, 0.4) is 0 Å². The van der Waals surface area contributed by atoms with E-state index in [0.29, 0.717) is 5.75 Å². The number of aromatic nitrogens is 1. The third-order valence-electron chi connectivity index (χ3n) is 5.86. The Hall–Kier alpha value is -3.47. The van der Waals surface area contributed by atoms with Gasteiger partial charge in [0.15, 0.2) is 12.4 Å². The van der Waals surface area contributed by atoms with Crippen LogP contribution < -0.4 is 15.0 Å². The molecule has 2 aromatic carbocycles. The predicted molar refractivity (Wildman–Crippen MR) is 143 cm³/mol. The van der Waals surface area contributed by atoms with Crippen LogP contribution in [0.15, 0.2) is 84.0 Å². The number of ether oxygens (including phenoxy) is 2. The van der Waals surface area contributed by atoms with Crippen molar-refractivity contribution in [3.63, 3.8) is 0 Å². The van der Waals surface area contributed by atoms with E-state index in [9.17, 15) is 18.3 Å². The van der Waals surface area contributed by atoms with Gasteiger partial charge in [-0.2, -0.15) is 4.31 Å². The lowest BCUT2D eigenvalue weighted by atomic mass is 10.0. The lowest BCUT2D eigenvalue weighted by Gasteiger charge is -2.30. The number of pyridine rings is 1. The van der Waals surface area contributed by atoms with Crippen molar-refractivity contribution in [2.45, 2.75) is 43.9 Å². The highest BCUT2D eigenvalue weighted by atomic mass is 32.2. The first kappa shape index (κ1) is 29.1. The van der Waals surface area contributed by atoms with Gasteiger partial charge in [-0.25, -0.2) is 18.2 Å². The van der Waals surface area contributed by atoms with Crippen LogP contribution in [0.4, 0.5) is 4.79 Å². The maximum atomic E-state index is 13.5. The number of aliphatic hydroxyl groups excluding tert-OH is 1. The third kappa shape index (κ3) is 8.54. The quantitative estimate of drug-likeness (QED) is 0.343. The molecule has 0 radical (unpaired) electrons. The lowest BCUT2D eigenvalue weighted by molar-refractivity contribution is -0.379. The molecule has 0 fully saturated rings. The molecule has 2 atom stereocenters. The number of alkyl carbamates (subject to hydrolysis) is 1. The van der Waals surface area contributed by atoms with E-state index >= 15 is 0 Å². The van der Waals surface area contributed by atoms with Crippen LogP contribution in [0.2, 0.25) is 0 Å². The second kappa shape index (κ2) is 13.9. The predicted octanol–water partition coefficient (Wildman–Crippen LogP) is 3.05. The van der Waals surface area contributed by atoms with E-state index in [2.05, 4.69) is 10.3 Å². The summed E-state index contributed by atoms with van der Waals surface area (Å²) < 4.78 is 38.8. The Labute approximate surface area is 224 Å². The molecule has 0 saturated heterocycles. The first-order chi connectivity index (χ1) is 18.2. The summed E-state index contributed by atoms with van der Waals surface area (Å²) in [5, 5.41) is 14.0.